The van der Waals surface area contributed by atoms with E-state index in [2.05, 4.69) is 10.1 Å². The molecule has 0 saturated carbocycles. The Morgan fingerprint density at radius 3 is 2.44 bits per heavy atom. The topological polar surface area (TPSA) is 58.6 Å². The lowest BCUT2D eigenvalue weighted by atomic mass is 9.99. The van der Waals surface area contributed by atoms with Gasteiger partial charge >= 0.3 is 5.97 Å². The minimum atomic E-state index is -0.729. The van der Waals surface area contributed by atoms with Crippen LogP contribution < -0.4 is 5.32 Å². The Morgan fingerprint density at radius 1 is 1.33 bits per heavy atom. The van der Waals surface area contributed by atoms with Crippen molar-refractivity contribution in [3.63, 3.8) is 0 Å². The van der Waals surface area contributed by atoms with Crippen molar-refractivity contribution in [3.8, 4) is 0 Å². The van der Waals surface area contributed by atoms with Gasteiger partial charge in [0.1, 0.15) is 0 Å². The molecule has 1 aromatic carbocycles. The fourth-order valence-electron chi connectivity index (χ4n) is 1.84. The van der Waals surface area contributed by atoms with Gasteiger partial charge in [-0.25, -0.2) is 0 Å². The van der Waals surface area contributed by atoms with Gasteiger partial charge in [-0.2, -0.15) is 0 Å². The summed E-state index contributed by atoms with van der Waals surface area (Å²) >= 11 is 0. The van der Waals surface area contributed by atoms with Crippen molar-refractivity contribution >= 4 is 5.97 Å². The van der Waals surface area contributed by atoms with Crippen molar-refractivity contribution in [2.75, 3.05) is 7.11 Å². The molecule has 0 aliphatic rings. The number of nitrogens with one attached hydrogen (secondary N) is 1. The van der Waals surface area contributed by atoms with Crippen LogP contribution in [0, 0.1) is 0 Å². The minimum absolute atomic E-state index is 0.144. The van der Waals surface area contributed by atoms with Crippen molar-refractivity contribution in [1.82, 2.24) is 5.32 Å². The molecule has 0 aliphatic carbocycles. The average molecular weight is 251 g/mol. The van der Waals surface area contributed by atoms with E-state index < -0.39 is 6.10 Å². The lowest BCUT2D eigenvalue weighted by molar-refractivity contribution is -0.142. The number of benzene rings is 1. The van der Waals surface area contributed by atoms with Crippen molar-refractivity contribution in [3.05, 3.63) is 35.9 Å². The normalized spacial score (nSPS) is 14.3. The monoisotopic (exact) mass is 251 g/mol. The van der Waals surface area contributed by atoms with Gasteiger partial charge in [0.25, 0.3) is 0 Å². The molecule has 100 valence electrons. The second kappa shape index (κ2) is 7.13. The molecule has 4 heteroatoms. The molecule has 0 radical (unpaired) electrons. The van der Waals surface area contributed by atoms with E-state index in [1.807, 2.05) is 44.2 Å². The lowest BCUT2D eigenvalue weighted by Gasteiger charge is -2.25. The summed E-state index contributed by atoms with van der Waals surface area (Å²) < 4.78 is 4.66. The maximum absolute atomic E-state index is 11.4. The van der Waals surface area contributed by atoms with Crippen LogP contribution in [0.4, 0.5) is 0 Å². The second-order valence-electron chi connectivity index (χ2n) is 4.56. The number of carbonyl (C=O) groups is 1. The molecule has 0 aromatic heterocycles. The van der Waals surface area contributed by atoms with Crippen LogP contribution in [0.2, 0.25) is 0 Å². The fourth-order valence-corrected chi connectivity index (χ4v) is 1.84. The van der Waals surface area contributed by atoms with E-state index in [0.717, 1.165) is 5.56 Å². The predicted molar refractivity (Wildman–Crippen MR) is 70.1 cm³/mol. The number of hydrogen-bond donors (Lipinski definition) is 2. The highest BCUT2D eigenvalue weighted by molar-refractivity contribution is 5.70. The van der Waals surface area contributed by atoms with Crippen LogP contribution in [-0.4, -0.2) is 30.3 Å². The maximum atomic E-state index is 11.4. The van der Waals surface area contributed by atoms with Crippen molar-refractivity contribution in [1.29, 1.82) is 0 Å². The number of aliphatic hydroxyl groups is 1. The fraction of sp³-hybridized carbons (Fsp3) is 0.500. The van der Waals surface area contributed by atoms with Gasteiger partial charge in [-0.1, -0.05) is 44.2 Å². The number of esters is 1. The first-order valence-electron chi connectivity index (χ1n) is 6.10. The van der Waals surface area contributed by atoms with Gasteiger partial charge in [-0.3, -0.25) is 4.79 Å². The molecule has 4 nitrogen and oxygen atoms in total. The molecule has 1 rings (SSSR count). The van der Waals surface area contributed by atoms with Gasteiger partial charge < -0.3 is 15.2 Å². The SMILES string of the molecule is COC(=O)CC(NC(C)C)C(O)c1ccccc1. The zero-order valence-electron chi connectivity index (χ0n) is 11.1. The van der Waals surface area contributed by atoms with Crippen LogP contribution >= 0.6 is 0 Å². The van der Waals surface area contributed by atoms with E-state index in [-0.39, 0.29) is 24.5 Å². The summed E-state index contributed by atoms with van der Waals surface area (Å²) in [7, 11) is 1.35. The minimum Gasteiger partial charge on any atom is -0.469 e. The third-order valence-electron chi connectivity index (χ3n) is 2.68. The molecule has 1 aromatic rings. The zero-order valence-corrected chi connectivity index (χ0v) is 11.1. The number of rotatable bonds is 6. The Bertz CT molecular complexity index is 365. The van der Waals surface area contributed by atoms with Gasteiger partial charge in [0.05, 0.1) is 19.6 Å². The Balaban J connectivity index is 2.78. The summed E-state index contributed by atoms with van der Waals surface area (Å²) in [5.41, 5.74) is 0.791. The number of methoxy groups -OCH3 is 1. The molecular formula is C14H21NO3. The van der Waals surface area contributed by atoms with E-state index in [0.29, 0.717) is 0 Å². The molecule has 18 heavy (non-hydrogen) atoms. The predicted octanol–water partition coefficient (Wildman–Crippen LogP) is 1.65. The molecule has 0 spiro atoms. The van der Waals surface area contributed by atoms with Gasteiger partial charge in [-0.05, 0) is 5.56 Å². The van der Waals surface area contributed by atoms with Gasteiger partial charge in [0.15, 0.2) is 0 Å². The standard InChI is InChI=1S/C14H21NO3/c1-10(2)15-12(9-13(16)18-3)14(17)11-7-5-4-6-8-11/h4-8,10,12,14-15,17H,9H2,1-3H3. The Kier molecular flexibility index (Phi) is 5.82. The number of aliphatic hydroxyl groups excluding tert-OH is 1. The third kappa shape index (κ3) is 4.47. The van der Waals surface area contributed by atoms with Crippen LogP contribution in [0.5, 0.6) is 0 Å². The Morgan fingerprint density at radius 2 is 1.94 bits per heavy atom. The third-order valence-corrected chi connectivity index (χ3v) is 2.68. The van der Waals surface area contributed by atoms with Crippen LogP contribution in [-0.2, 0) is 9.53 Å². The molecular weight excluding hydrogens is 230 g/mol. The summed E-state index contributed by atoms with van der Waals surface area (Å²) in [5, 5.41) is 13.5. The summed E-state index contributed by atoms with van der Waals surface area (Å²) in [6.07, 6.45) is -0.585. The first-order valence-corrected chi connectivity index (χ1v) is 6.10. The second-order valence-corrected chi connectivity index (χ2v) is 4.56. The largest absolute Gasteiger partial charge is 0.469 e. The number of ether oxygens (including phenoxy) is 1. The van der Waals surface area contributed by atoms with Crippen LogP contribution in [0.1, 0.15) is 31.9 Å². The van der Waals surface area contributed by atoms with Gasteiger partial charge in [-0.15, -0.1) is 0 Å². The molecule has 2 unspecified atom stereocenters. The first kappa shape index (κ1) is 14.7. The van der Waals surface area contributed by atoms with Gasteiger partial charge in [0, 0.05) is 12.1 Å². The summed E-state index contributed by atoms with van der Waals surface area (Å²) in [6, 6.07) is 9.14. The molecule has 2 atom stereocenters. The van der Waals surface area contributed by atoms with E-state index in [9.17, 15) is 9.90 Å². The highest BCUT2D eigenvalue weighted by atomic mass is 16.5. The molecule has 0 amide bonds. The number of hydrogen-bond acceptors (Lipinski definition) is 4. The smallest absolute Gasteiger partial charge is 0.307 e. The van der Waals surface area contributed by atoms with Crippen LogP contribution in [0.3, 0.4) is 0 Å². The lowest BCUT2D eigenvalue weighted by Crippen LogP contribution is -2.41. The summed E-state index contributed by atoms with van der Waals surface area (Å²) in [5.74, 6) is -0.330. The van der Waals surface area contributed by atoms with E-state index in [1.165, 1.54) is 7.11 Å². The Hall–Kier alpha value is -1.39. The first-order chi connectivity index (χ1) is 8.54. The van der Waals surface area contributed by atoms with Crippen molar-refractivity contribution in [2.45, 2.75) is 38.5 Å². The molecule has 0 saturated heterocycles. The number of carbonyl (C=O) groups excluding carboxylic acids is 1. The van der Waals surface area contributed by atoms with E-state index >= 15 is 0 Å². The highest BCUT2D eigenvalue weighted by Gasteiger charge is 2.24. The maximum Gasteiger partial charge on any atom is 0.307 e. The van der Waals surface area contributed by atoms with E-state index in [4.69, 9.17) is 0 Å². The van der Waals surface area contributed by atoms with E-state index in [1.54, 1.807) is 0 Å². The zero-order chi connectivity index (χ0) is 13.5. The van der Waals surface area contributed by atoms with Crippen LogP contribution in [0.15, 0.2) is 30.3 Å². The average Bonchev–Trinajstić information content (AvgIpc) is 2.37. The van der Waals surface area contributed by atoms with Crippen molar-refractivity contribution in [2.24, 2.45) is 0 Å². The summed E-state index contributed by atoms with van der Waals surface area (Å²) in [6.45, 7) is 3.95. The van der Waals surface area contributed by atoms with Crippen LogP contribution in [0.25, 0.3) is 0 Å². The molecule has 0 fully saturated rings. The summed E-state index contributed by atoms with van der Waals surface area (Å²) in [4.78, 5) is 11.4. The molecule has 0 aliphatic heterocycles. The van der Waals surface area contributed by atoms with Gasteiger partial charge in [0.2, 0.25) is 0 Å². The molecule has 0 bridgehead atoms. The van der Waals surface area contributed by atoms with Crippen molar-refractivity contribution < 1.29 is 14.6 Å². The molecule has 0 heterocycles. The quantitative estimate of drug-likeness (QED) is 0.755. The molecule has 2 N–H and O–H groups in total. The Labute approximate surface area is 108 Å². The highest BCUT2D eigenvalue weighted by Crippen LogP contribution is 2.19.